The molecule has 1 amide bonds. The Balaban J connectivity index is 2.35. The van der Waals surface area contributed by atoms with E-state index in [1.165, 1.54) is 36.5 Å². The molecule has 7 nitrogen and oxygen atoms in total. The number of nitro groups is 1. The Hall–Kier alpha value is -2.67. The van der Waals surface area contributed by atoms with Crippen molar-refractivity contribution in [2.75, 3.05) is 5.32 Å². The normalized spacial score (nSPS) is 10.1. The number of amides is 1. The van der Waals surface area contributed by atoms with Crippen LogP contribution in [0.15, 0.2) is 36.5 Å². The molecule has 0 saturated carbocycles. The lowest BCUT2D eigenvalue weighted by Crippen LogP contribution is -2.13. The van der Waals surface area contributed by atoms with Gasteiger partial charge in [0.1, 0.15) is 10.9 Å². The van der Waals surface area contributed by atoms with Crippen molar-refractivity contribution >= 4 is 28.9 Å². The third-order valence-corrected chi connectivity index (χ3v) is 2.65. The zero-order valence-corrected chi connectivity index (χ0v) is 10.7. The topological polar surface area (TPSA) is 105 Å². The monoisotopic (exact) mass is 293 g/mol. The molecule has 0 atom stereocenters. The minimum atomic E-state index is -0.700. The van der Waals surface area contributed by atoms with Gasteiger partial charge in [0.05, 0.1) is 4.92 Å². The quantitative estimate of drug-likeness (QED) is 0.391. The average Bonchev–Trinajstić information content (AvgIpc) is 2.40. The predicted octanol–water partition coefficient (Wildman–Crippen LogP) is 2.60. The molecule has 20 heavy (non-hydrogen) atoms. The molecule has 2 rings (SSSR count). The largest absolute Gasteiger partial charge is 0.505 e. The molecule has 0 aliphatic carbocycles. The Kier molecular flexibility index (Phi) is 3.81. The molecule has 0 spiro atoms. The van der Waals surface area contributed by atoms with Gasteiger partial charge in [-0.05, 0) is 18.2 Å². The van der Waals surface area contributed by atoms with E-state index in [1.807, 2.05) is 0 Å². The molecule has 0 fully saturated rings. The van der Waals surface area contributed by atoms with Crippen LogP contribution in [0.4, 0.5) is 11.4 Å². The second-order valence-electron chi connectivity index (χ2n) is 3.75. The fourth-order valence-corrected chi connectivity index (χ4v) is 1.71. The van der Waals surface area contributed by atoms with E-state index in [-0.39, 0.29) is 16.4 Å². The predicted molar refractivity (Wildman–Crippen MR) is 72.0 cm³/mol. The number of carbonyl (C=O) groups is 1. The molecule has 0 aliphatic heterocycles. The summed E-state index contributed by atoms with van der Waals surface area (Å²) in [5.41, 5.74) is -0.503. The number of rotatable bonds is 3. The number of aromatic nitrogens is 1. The van der Waals surface area contributed by atoms with E-state index in [0.717, 1.165) is 0 Å². The number of benzene rings is 1. The van der Waals surface area contributed by atoms with Gasteiger partial charge in [-0.2, -0.15) is 0 Å². The average molecular weight is 294 g/mol. The van der Waals surface area contributed by atoms with Gasteiger partial charge < -0.3 is 10.4 Å². The number of halogens is 1. The minimum absolute atomic E-state index is 0.115. The van der Waals surface area contributed by atoms with Gasteiger partial charge in [-0.1, -0.05) is 17.7 Å². The number of nitrogens with zero attached hydrogens (tertiary/aromatic N) is 2. The van der Waals surface area contributed by atoms with E-state index in [9.17, 15) is 20.0 Å². The molecule has 102 valence electrons. The molecular weight excluding hydrogens is 286 g/mol. The lowest BCUT2D eigenvalue weighted by Gasteiger charge is -2.07. The van der Waals surface area contributed by atoms with Gasteiger partial charge in [0, 0.05) is 17.8 Å². The van der Waals surface area contributed by atoms with Crippen LogP contribution in [0.3, 0.4) is 0 Å². The molecule has 2 N–H and O–H groups in total. The van der Waals surface area contributed by atoms with Gasteiger partial charge in [-0.25, -0.2) is 4.98 Å². The second kappa shape index (κ2) is 5.54. The highest BCUT2D eigenvalue weighted by Crippen LogP contribution is 2.33. The first-order valence-corrected chi connectivity index (χ1v) is 5.76. The molecule has 0 radical (unpaired) electrons. The second-order valence-corrected chi connectivity index (χ2v) is 4.14. The van der Waals surface area contributed by atoms with Crippen LogP contribution in [-0.4, -0.2) is 20.9 Å². The zero-order chi connectivity index (χ0) is 14.7. The van der Waals surface area contributed by atoms with Crippen LogP contribution >= 0.6 is 11.6 Å². The van der Waals surface area contributed by atoms with Crippen molar-refractivity contribution < 1.29 is 14.8 Å². The molecule has 0 unspecified atom stereocenters. The van der Waals surface area contributed by atoms with Gasteiger partial charge in [0.15, 0.2) is 5.69 Å². The van der Waals surface area contributed by atoms with Crippen molar-refractivity contribution in [3.8, 4) is 5.75 Å². The molecule has 1 aromatic heterocycles. The molecule has 1 aromatic carbocycles. The van der Waals surface area contributed by atoms with E-state index in [2.05, 4.69) is 10.3 Å². The summed E-state index contributed by atoms with van der Waals surface area (Å²) in [5, 5.41) is 22.9. The Morgan fingerprint density at radius 2 is 2.15 bits per heavy atom. The number of hydrogen-bond donors (Lipinski definition) is 2. The van der Waals surface area contributed by atoms with E-state index in [1.54, 1.807) is 0 Å². The molecule has 0 saturated heterocycles. The third kappa shape index (κ3) is 2.83. The summed E-state index contributed by atoms with van der Waals surface area (Å²) in [5.74, 6) is -1.04. The first kappa shape index (κ1) is 13.8. The van der Waals surface area contributed by atoms with Gasteiger partial charge in [0.2, 0.25) is 0 Å². The molecule has 2 aromatic rings. The number of carbonyl (C=O) groups excluding carboxylic acids is 1. The summed E-state index contributed by atoms with van der Waals surface area (Å²) in [4.78, 5) is 25.8. The van der Waals surface area contributed by atoms with Gasteiger partial charge in [-0.15, -0.1) is 0 Å². The van der Waals surface area contributed by atoms with Crippen LogP contribution in [0.25, 0.3) is 0 Å². The van der Waals surface area contributed by atoms with Crippen LogP contribution < -0.4 is 5.32 Å². The Morgan fingerprint density at radius 1 is 1.40 bits per heavy atom. The fourth-order valence-electron chi connectivity index (χ4n) is 1.54. The highest BCUT2D eigenvalue weighted by Gasteiger charge is 2.20. The maximum absolute atomic E-state index is 12.0. The third-order valence-electron chi connectivity index (χ3n) is 2.44. The van der Waals surface area contributed by atoms with Gasteiger partial charge in [0.25, 0.3) is 11.6 Å². The van der Waals surface area contributed by atoms with Crippen LogP contribution in [0.1, 0.15) is 10.4 Å². The molecule has 0 bridgehead atoms. The number of nitrogens with one attached hydrogen (secondary N) is 1. The number of hydrogen-bond acceptors (Lipinski definition) is 5. The SMILES string of the molecule is O=C(Nc1c(O)cccc1[N+](=O)[O-])c1ccnc(Cl)c1. The summed E-state index contributed by atoms with van der Waals surface area (Å²) in [7, 11) is 0. The highest BCUT2D eigenvalue weighted by atomic mass is 35.5. The van der Waals surface area contributed by atoms with Crippen molar-refractivity contribution in [3.05, 3.63) is 57.4 Å². The maximum atomic E-state index is 12.0. The zero-order valence-electron chi connectivity index (χ0n) is 9.91. The number of phenolic OH excluding ortho intramolecular Hbond substituents is 1. The number of pyridine rings is 1. The molecule has 8 heteroatoms. The number of aromatic hydroxyl groups is 1. The maximum Gasteiger partial charge on any atom is 0.296 e. The lowest BCUT2D eigenvalue weighted by molar-refractivity contribution is -0.384. The summed E-state index contributed by atoms with van der Waals surface area (Å²) < 4.78 is 0. The molecule has 0 aliphatic rings. The summed E-state index contributed by atoms with van der Waals surface area (Å²) in [6.45, 7) is 0. The summed E-state index contributed by atoms with van der Waals surface area (Å²) in [6, 6.07) is 6.43. The lowest BCUT2D eigenvalue weighted by atomic mass is 10.2. The van der Waals surface area contributed by atoms with Crippen LogP contribution in [-0.2, 0) is 0 Å². The van der Waals surface area contributed by atoms with Crippen molar-refractivity contribution in [2.24, 2.45) is 0 Å². The highest BCUT2D eigenvalue weighted by molar-refractivity contribution is 6.29. The van der Waals surface area contributed by atoms with E-state index in [0.29, 0.717) is 0 Å². The first-order chi connectivity index (χ1) is 9.49. The molecular formula is C12H8ClN3O4. The van der Waals surface area contributed by atoms with Crippen LogP contribution in [0, 0.1) is 10.1 Å². The number of phenols is 1. The Bertz CT molecular complexity index is 690. The van der Waals surface area contributed by atoms with E-state index in [4.69, 9.17) is 11.6 Å². The van der Waals surface area contributed by atoms with Crippen molar-refractivity contribution in [3.63, 3.8) is 0 Å². The standard InChI is InChI=1S/C12H8ClN3O4/c13-10-6-7(4-5-14-10)12(18)15-11-8(16(19)20)2-1-3-9(11)17/h1-6,17H,(H,15,18). The Labute approximate surface area is 118 Å². The summed E-state index contributed by atoms with van der Waals surface area (Å²) >= 11 is 5.66. The molecule has 1 heterocycles. The van der Waals surface area contributed by atoms with Crippen molar-refractivity contribution in [2.45, 2.75) is 0 Å². The number of nitro benzene ring substituents is 1. The number of para-hydroxylation sites is 1. The Morgan fingerprint density at radius 3 is 2.80 bits per heavy atom. The van der Waals surface area contributed by atoms with E-state index < -0.39 is 22.3 Å². The van der Waals surface area contributed by atoms with E-state index >= 15 is 0 Å². The van der Waals surface area contributed by atoms with Crippen LogP contribution in [0.5, 0.6) is 5.75 Å². The van der Waals surface area contributed by atoms with Gasteiger partial charge >= 0.3 is 0 Å². The smallest absolute Gasteiger partial charge is 0.296 e. The number of anilines is 1. The minimum Gasteiger partial charge on any atom is -0.505 e. The first-order valence-electron chi connectivity index (χ1n) is 5.38. The summed E-state index contributed by atoms with van der Waals surface area (Å²) in [6.07, 6.45) is 1.33. The van der Waals surface area contributed by atoms with Gasteiger partial charge in [-0.3, -0.25) is 14.9 Å². The van der Waals surface area contributed by atoms with Crippen LogP contribution in [0.2, 0.25) is 5.15 Å². The van der Waals surface area contributed by atoms with Crippen molar-refractivity contribution in [1.29, 1.82) is 0 Å². The fraction of sp³-hybridized carbons (Fsp3) is 0. The van der Waals surface area contributed by atoms with Crippen molar-refractivity contribution in [1.82, 2.24) is 4.98 Å².